The Balaban J connectivity index is 1.38. The second-order valence-electron chi connectivity index (χ2n) is 6.10. The summed E-state index contributed by atoms with van der Waals surface area (Å²) in [5.41, 5.74) is 1.39. The average Bonchev–Trinajstić information content (AvgIpc) is 2.64. The summed E-state index contributed by atoms with van der Waals surface area (Å²) in [7, 11) is 1.67. The van der Waals surface area contributed by atoms with Crippen molar-refractivity contribution in [2.24, 2.45) is 0 Å². The fraction of sp³-hybridized carbons (Fsp3) is 0.400. The summed E-state index contributed by atoms with van der Waals surface area (Å²) in [6.45, 7) is 7.13. The number of methoxy groups -OCH3 is 1. The van der Waals surface area contributed by atoms with Gasteiger partial charge in [-0.05, 0) is 17.7 Å². The Hall–Kier alpha value is -2.04. The van der Waals surface area contributed by atoms with Gasteiger partial charge >= 0.3 is 0 Å². The normalized spacial score (nSPS) is 16.0. The molecule has 0 saturated carbocycles. The third-order valence-electron chi connectivity index (χ3n) is 4.45. The van der Waals surface area contributed by atoms with Crippen LogP contribution in [0.4, 0.5) is 0 Å². The lowest BCUT2D eigenvalue weighted by molar-refractivity contribution is 0.112. The Morgan fingerprint density at radius 1 is 0.792 bits per heavy atom. The van der Waals surface area contributed by atoms with Gasteiger partial charge in [-0.1, -0.05) is 42.5 Å². The van der Waals surface area contributed by atoms with E-state index >= 15 is 0 Å². The molecular formula is C20H26N2O2. The molecule has 0 bridgehead atoms. The van der Waals surface area contributed by atoms with Gasteiger partial charge < -0.3 is 9.47 Å². The van der Waals surface area contributed by atoms with Gasteiger partial charge in [-0.15, -0.1) is 0 Å². The molecule has 4 heteroatoms. The quantitative estimate of drug-likeness (QED) is 0.781. The Labute approximate surface area is 144 Å². The molecule has 1 heterocycles. The van der Waals surface area contributed by atoms with Crippen LogP contribution in [0.25, 0.3) is 0 Å². The molecule has 4 nitrogen and oxygen atoms in total. The molecule has 1 aliphatic rings. The lowest BCUT2D eigenvalue weighted by Crippen LogP contribution is -2.47. The Bertz CT molecular complexity index is 610. The van der Waals surface area contributed by atoms with Crippen LogP contribution in [-0.2, 0) is 6.54 Å². The molecule has 2 aromatic carbocycles. The predicted octanol–water partition coefficient (Wildman–Crippen LogP) is 2.89. The largest absolute Gasteiger partial charge is 0.493 e. The van der Waals surface area contributed by atoms with E-state index in [1.54, 1.807) is 7.11 Å². The molecule has 0 aliphatic carbocycles. The van der Waals surface area contributed by atoms with E-state index in [-0.39, 0.29) is 0 Å². The summed E-state index contributed by atoms with van der Waals surface area (Å²) < 4.78 is 11.2. The highest BCUT2D eigenvalue weighted by Gasteiger charge is 2.16. The fourth-order valence-corrected chi connectivity index (χ4v) is 3.04. The molecule has 0 radical (unpaired) electrons. The van der Waals surface area contributed by atoms with E-state index < -0.39 is 0 Å². The number of rotatable bonds is 7. The predicted molar refractivity (Wildman–Crippen MR) is 96.6 cm³/mol. The van der Waals surface area contributed by atoms with Gasteiger partial charge in [0, 0.05) is 39.3 Å². The van der Waals surface area contributed by atoms with Gasteiger partial charge in [0.2, 0.25) is 0 Å². The van der Waals surface area contributed by atoms with Gasteiger partial charge in [0.15, 0.2) is 11.5 Å². The Morgan fingerprint density at radius 2 is 1.42 bits per heavy atom. The number of hydrogen-bond donors (Lipinski definition) is 0. The molecule has 0 atom stereocenters. The van der Waals surface area contributed by atoms with Crippen LogP contribution in [0.15, 0.2) is 54.6 Å². The summed E-state index contributed by atoms with van der Waals surface area (Å²) in [5.74, 6) is 1.62. The van der Waals surface area contributed by atoms with E-state index in [0.717, 1.165) is 50.8 Å². The average molecular weight is 326 g/mol. The van der Waals surface area contributed by atoms with Gasteiger partial charge in [-0.25, -0.2) is 0 Å². The maximum Gasteiger partial charge on any atom is 0.161 e. The van der Waals surface area contributed by atoms with Crippen molar-refractivity contribution in [3.05, 3.63) is 60.2 Å². The third-order valence-corrected chi connectivity index (χ3v) is 4.45. The number of ether oxygens (including phenoxy) is 2. The Kier molecular flexibility index (Phi) is 6.10. The summed E-state index contributed by atoms with van der Waals surface area (Å²) in [5, 5.41) is 0. The Morgan fingerprint density at radius 3 is 2.12 bits per heavy atom. The van der Waals surface area contributed by atoms with Crippen molar-refractivity contribution in [1.29, 1.82) is 0 Å². The monoisotopic (exact) mass is 326 g/mol. The first kappa shape index (κ1) is 16.8. The van der Waals surface area contributed by atoms with Crippen molar-refractivity contribution in [2.45, 2.75) is 6.54 Å². The van der Waals surface area contributed by atoms with Crippen LogP contribution in [-0.4, -0.2) is 56.2 Å². The van der Waals surface area contributed by atoms with Crippen LogP contribution in [0.5, 0.6) is 11.5 Å². The molecule has 1 aliphatic heterocycles. The van der Waals surface area contributed by atoms with Crippen LogP contribution in [0.2, 0.25) is 0 Å². The van der Waals surface area contributed by atoms with E-state index in [0.29, 0.717) is 6.61 Å². The standard InChI is InChI=1S/C20H26N2O2/c1-23-19-9-5-6-10-20(19)24-16-15-21-11-13-22(14-12-21)17-18-7-3-2-4-8-18/h2-10H,11-17H2,1H3. The maximum absolute atomic E-state index is 5.87. The zero-order chi connectivity index (χ0) is 16.6. The van der Waals surface area contributed by atoms with Gasteiger partial charge in [-0.3, -0.25) is 9.80 Å². The van der Waals surface area contributed by atoms with Gasteiger partial charge in [0.1, 0.15) is 6.61 Å². The van der Waals surface area contributed by atoms with Gasteiger partial charge in [0.05, 0.1) is 7.11 Å². The molecule has 0 aromatic heterocycles. The van der Waals surface area contributed by atoms with Crippen LogP contribution < -0.4 is 9.47 Å². The molecule has 3 rings (SSSR count). The van der Waals surface area contributed by atoms with E-state index in [9.17, 15) is 0 Å². The summed E-state index contributed by atoms with van der Waals surface area (Å²) in [6.07, 6.45) is 0. The minimum absolute atomic E-state index is 0.694. The van der Waals surface area contributed by atoms with Crippen LogP contribution in [0.1, 0.15) is 5.56 Å². The topological polar surface area (TPSA) is 24.9 Å². The highest BCUT2D eigenvalue weighted by molar-refractivity contribution is 5.39. The van der Waals surface area contributed by atoms with E-state index in [4.69, 9.17) is 9.47 Å². The molecule has 1 fully saturated rings. The second kappa shape index (κ2) is 8.71. The first-order chi connectivity index (χ1) is 11.8. The van der Waals surface area contributed by atoms with Gasteiger partial charge in [0.25, 0.3) is 0 Å². The molecule has 2 aromatic rings. The van der Waals surface area contributed by atoms with Crippen molar-refractivity contribution in [3.8, 4) is 11.5 Å². The van der Waals surface area contributed by atoms with Crippen molar-refractivity contribution >= 4 is 0 Å². The number of hydrogen-bond acceptors (Lipinski definition) is 4. The molecule has 24 heavy (non-hydrogen) atoms. The highest BCUT2D eigenvalue weighted by Crippen LogP contribution is 2.25. The first-order valence-corrected chi connectivity index (χ1v) is 8.59. The number of nitrogens with zero attached hydrogens (tertiary/aromatic N) is 2. The van der Waals surface area contributed by atoms with Gasteiger partial charge in [-0.2, -0.15) is 0 Å². The lowest BCUT2D eigenvalue weighted by atomic mass is 10.2. The van der Waals surface area contributed by atoms with E-state index in [1.165, 1.54) is 5.56 Å². The number of para-hydroxylation sites is 2. The van der Waals surface area contributed by atoms with Crippen LogP contribution in [0, 0.1) is 0 Å². The SMILES string of the molecule is COc1ccccc1OCCN1CCN(Cc2ccccc2)CC1. The fourth-order valence-electron chi connectivity index (χ4n) is 3.04. The van der Waals surface area contributed by atoms with Crippen molar-refractivity contribution in [2.75, 3.05) is 46.4 Å². The smallest absolute Gasteiger partial charge is 0.161 e. The minimum atomic E-state index is 0.694. The molecule has 0 N–H and O–H groups in total. The molecular weight excluding hydrogens is 300 g/mol. The van der Waals surface area contributed by atoms with Crippen molar-refractivity contribution in [3.63, 3.8) is 0 Å². The number of piperazine rings is 1. The van der Waals surface area contributed by atoms with E-state index in [2.05, 4.69) is 40.1 Å². The van der Waals surface area contributed by atoms with Crippen LogP contribution in [0.3, 0.4) is 0 Å². The minimum Gasteiger partial charge on any atom is -0.493 e. The third kappa shape index (κ3) is 4.73. The van der Waals surface area contributed by atoms with E-state index in [1.807, 2.05) is 24.3 Å². The van der Waals surface area contributed by atoms with Crippen molar-refractivity contribution < 1.29 is 9.47 Å². The molecule has 0 unspecified atom stereocenters. The maximum atomic E-state index is 5.87. The van der Waals surface area contributed by atoms with Crippen LogP contribution >= 0.6 is 0 Å². The lowest BCUT2D eigenvalue weighted by Gasteiger charge is -2.34. The summed E-state index contributed by atoms with van der Waals surface area (Å²) in [4.78, 5) is 4.99. The highest BCUT2D eigenvalue weighted by atomic mass is 16.5. The summed E-state index contributed by atoms with van der Waals surface area (Å²) in [6, 6.07) is 18.5. The molecule has 0 spiro atoms. The second-order valence-corrected chi connectivity index (χ2v) is 6.10. The molecule has 1 saturated heterocycles. The molecule has 128 valence electrons. The zero-order valence-electron chi connectivity index (χ0n) is 14.4. The summed E-state index contributed by atoms with van der Waals surface area (Å²) >= 11 is 0. The number of benzene rings is 2. The molecule has 0 amide bonds. The van der Waals surface area contributed by atoms with Crippen molar-refractivity contribution in [1.82, 2.24) is 9.80 Å². The first-order valence-electron chi connectivity index (χ1n) is 8.59. The zero-order valence-corrected chi connectivity index (χ0v) is 14.4.